The Kier molecular flexibility index (Phi) is 4.72. The number of aryl methyl sites for hydroxylation is 1. The van der Waals surface area contributed by atoms with Crippen LogP contribution >= 0.6 is 11.3 Å². The number of hydrogen-bond donors (Lipinski definition) is 0. The molecule has 100 valence electrons. The van der Waals surface area contributed by atoms with Gasteiger partial charge in [-0.15, -0.1) is 11.3 Å². The average Bonchev–Trinajstić information content (AvgIpc) is 2.95. The summed E-state index contributed by atoms with van der Waals surface area (Å²) in [6, 6.07) is -0.0295. The van der Waals surface area contributed by atoms with Crippen molar-refractivity contribution in [2.45, 2.75) is 39.2 Å². The smallest absolute Gasteiger partial charge is 0.323 e. The first-order valence-corrected chi connectivity index (χ1v) is 7.40. The molecule has 4 nitrogen and oxygen atoms in total. The number of ether oxygens (including phenoxy) is 1. The molecule has 0 amide bonds. The van der Waals surface area contributed by atoms with Gasteiger partial charge in [0.05, 0.1) is 17.8 Å². The number of nitrogens with zero attached hydrogens (tertiary/aromatic N) is 2. The number of hydrogen-bond acceptors (Lipinski definition) is 5. The molecule has 1 aliphatic heterocycles. The number of rotatable bonds is 5. The van der Waals surface area contributed by atoms with Crippen molar-refractivity contribution in [1.29, 1.82) is 0 Å². The third-order valence-corrected chi connectivity index (χ3v) is 4.39. The maximum absolute atomic E-state index is 11.8. The van der Waals surface area contributed by atoms with Gasteiger partial charge in [-0.2, -0.15) is 0 Å². The molecule has 1 aromatic rings. The Morgan fingerprint density at radius 3 is 3.17 bits per heavy atom. The minimum absolute atomic E-state index is 0.0295. The van der Waals surface area contributed by atoms with E-state index in [9.17, 15) is 4.79 Å². The summed E-state index contributed by atoms with van der Waals surface area (Å²) in [4.78, 5) is 19.6. The largest absolute Gasteiger partial charge is 0.465 e. The maximum atomic E-state index is 11.8. The molecule has 0 spiro atoms. The van der Waals surface area contributed by atoms with Crippen LogP contribution in [0.4, 0.5) is 0 Å². The molecule has 5 heteroatoms. The lowest BCUT2D eigenvalue weighted by atomic mass is 10.2. The van der Waals surface area contributed by atoms with E-state index >= 15 is 0 Å². The van der Waals surface area contributed by atoms with E-state index in [1.807, 2.05) is 19.4 Å². The summed E-state index contributed by atoms with van der Waals surface area (Å²) in [5.74, 6) is -0.0592. The van der Waals surface area contributed by atoms with Gasteiger partial charge in [0.2, 0.25) is 0 Å². The number of likely N-dealkylation sites (tertiary alicyclic amines) is 1. The molecule has 0 aromatic carbocycles. The number of esters is 1. The molecule has 0 bridgehead atoms. The maximum Gasteiger partial charge on any atom is 0.323 e. The summed E-state index contributed by atoms with van der Waals surface area (Å²) in [6.45, 7) is 6.29. The standard InChI is InChI=1S/C13H20N2O2S/c1-3-17-13(16)11-5-4-7-15(11)8-6-12-10(2)14-9-18-12/h9,11H,3-8H2,1-2H3. The normalized spacial score (nSPS) is 20.2. The van der Waals surface area contributed by atoms with E-state index in [0.29, 0.717) is 6.61 Å². The zero-order valence-electron chi connectivity index (χ0n) is 11.0. The summed E-state index contributed by atoms with van der Waals surface area (Å²) >= 11 is 1.70. The van der Waals surface area contributed by atoms with Crippen molar-refractivity contribution in [2.24, 2.45) is 0 Å². The van der Waals surface area contributed by atoms with Gasteiger partial charge in [0.1, 0.15) is 6.04 Å². The van der Waals surface area contributed by atoms with Crippen LogP contribution in [-0.4, -0.2) is 41.6 Å². The predicted octanol–water partition coefficient (Wildman–Crippen LogP) is 2.02. The quantitative estimate of drug-likeness (QED) is 0.766. The Morgan fingerprint density at radius 1 is 1.67 bits per heavy atom. The molecule has 2 heterocycles. The number of thiazole rings is 1. The first-order valence-electron chi connectivity index (χ1n) is 6.52. The molecule has 2 rings (SSSR count). The highest BCUT2D eigenvalue weighted by Crippen LogP contribution is 2.20. The second-order valence-electron chi connectivity index (χ2n) is 4.56. The van der Waals surface area contributed by atoms with E-state index < -0.39 is 0 Å². The van der Waals surface area contributed by atoms with Crippen molar-refractivity contribution in [3.63, 3.8) is 0 Å². The van der Waals surface area contributed by atoms with Gasteiger partial charge in [-0.05, 0) is 39.7 Å². The van der Waals surface area contributed by atoms with Crippen LogP contribution in [0.25, 0.3) is 0 Å². The van der Waals surface area contributed by atoms with Crippen LogP contribution in [0.15, 0.2) is 5.51 Å². The fraction of sp³-hybridized carbons (Fsp3) is 0.692. The number of carbonyl (C=O) groups is 1. The van der Waals surface area contributed by atoms with Gasteiger partial charge in [0.15, 0.2) is 0 Å². The van der Waals surface area contributed by atoms with E-state index in [-0.39, 0.29) is 12.0 Å². The Labute approximate surface area is 112 Å². The first kappa shape index (κ1) is 13.5. The van der Waals surface area contributed by atoms with E-state index in [1.54, 1.807) is 11.3 Å². The number of carbonyl (C=O) groups excluding carboxylic acids is 1. The van der Waals surface area contributed by atoms with Gasteiger partial charge in [0.25, 0.3) is 0 Å². The van der Waals surface area contributed by atoms with Gasteiger partial charge >= 0.3 is 5.97 Å². The minimum Gasteiger partial charge on any atom is -0.465 e. The molecule has 1 saturated heterocycles. The van der Waals surface area contributed by atoms with Crippen LogP contribution in [0.1, 0.15) is 30.3 Å². The number of aromatic nitrogens is 1. The molecule has 0 N–H and O–H groups in total. The zero-order valence-corrected chi connectivity index (χ0v) is 11.8. The molecule has 1 atom stereocenters. The average molecular weight is 268 g/mol. The van der Waals surface area contributed by atoms with Crippen molar-refractivity contribution < 1.29 is 9.53 Å². The highest BCUT2D eigenvalue weighted by molar-refractivity contribution is 7.09. The van der Waals surface area contributed by atoms with Crippen molar-refractivity contribution in [3.8, 4) is 0 Å². The molecule has 0 aliphatic carbocycles. The van der Waals surface area contributed by atoms with Crippen molar-refractivity contribution in [1.82, 2.24) is 9.88 Å². The minimum atomic E-state index is -0.0592. The second-order valence-corrected chi connectivity index (χ2v) is 5.50. The van der Waals surface area contributed by atoms with E-state index in [2.05, 4.69) is 9.88 Å². The van der Waals surface area contributed by atoms with Crippen molar-refractivity contribution >= 4 is 17.3 Å². The van der Waals surface area contributed by atoms with Gasteiger partial charge in [0, 0.05) is 11.4 Å². The fourth-order valence-corrected chi connectivity index (χ4v) is 3.18. The van der Waals surface area contributed by atoms with Gasteiger partial charge in [-0.3, -0.25) is 9.69 Å². The topological polar surface area (TPSA) is 42.4 Å². The Balaban J connectivity index is 1.88. The molecule has 1 unspecified atom stereocenters. The fourth-order valence-electron chi connectivity index (χ4n) is 2.41. The summed E-state index contributed by atoms with van der Waals surface area (Å²) in [6.07, 6.45) is 3.00. The molecule has 1 aromatic heterocycles. The SMILES string of the molecule is CCOC(=O)C1CCCN1CCc1scnc1C. The summed E-state index contributed by atoms with van der Waals surface area (Å²) < 4.78 is 5.13. The van der Waals surface area contributed by atoms with E-state index in [1.165, 1.54) is 4.88 Å². The summed E-state index contributed by atoms with van der Waals surface area (Å²) in [7, 11) is 0. The predicted molar refractivity (Wildman–Crippen MR) is 71.8 cm³/mol. The molecule has 0 saturated carbocycles. The van der Waals surface area contributed by atoms with Gasteiger partial charge in [-0.25, -0.2) is 4.98 Å². The molecule has 1 aliphatic rings. The summed E-state index contributed by atoms with van der Waals surface area (Å²) in [5.41, 5.74) is 3.00. The Bertz CT molecular complexity index is 405. The molecular weight excluding hydrogens is 248 g/mol. The Hall–Kier alpha value is -0.940. The third kappa shape index (κ3) is 3.09. The third-order valence-electron chi connectivity index (χ3n) is 3.39. The van der Waals surface area contributed by atoms with Crippen LogP contribution in [0.3, 0.4) is 0 Å². The highest BCUT2D eigenvalue weighted by atomic mass is 32.1. The highest BCUT2D eigenvalue weighted by Gasteiger charge is 2.31. The van der Waals surface area contributed by atoms with Crippen molar-refractivity contribution in [3.05, 3.63) is 16.1 Å². The zero-order chi connectivity index (χ0) is 13.0. The first-order chi connectivity index (χ1) is 8.72. The van der Waals surface area contributed by atoms with Gasteiger partial charge < -0.3 is 4.74 Å². The van der Waals surface area contributed by atoms with Crippen LogP contribution < -0.4 is 0 Å². The molecule has 0 radical (unpaired) electrons. The van der Waals surface area contributed by atoms with E-state index in [4.69, 9.17) is 4.74 Å². The second kappa shape index (κ2) is 6.29. The monoisotopic (exact) mass is 268 g/mol. The van der Waals surface area contributed by atoms with Gasteiger partial charge in [-0.1, -0.05) is 0 Å². The lowest BCUT2D eigenvalue weighted by Crippen LogP contribution is -2.38. The lowest BCUT2D eigenvalue weighted by molar-refractivity contribution is -0.148. The van der Waals surface area contributed by atoms with E-state index in [0.717, 1.165) is 38.0 Å². The van der Waals surface area contributed by atoms with Crippen LogP contribution in [0.5, 0.6) is 0 Å². The molecule has 18 heavy (non-hydrogen) atoms. The summed E-state index contributed by atoms with van der Waals surface area (Å²) in [5, 5.41) is 0. The van der Waals surface area contributed by atoms with Crippen LogP contribution in [-0.2, 0) is 16.0 Å². The molecular formula is C13H20N2O2S. The molecule has 1 fully saturated rings. The Morgan fingerprint density at radius 2 is 2.50 bits per heavy atom. The lowest BCUT2D eigenvalue weighted by Gasteiger charge is -2.22. The van der Waals surface area contributed by atoms with Crippen LogP contribution in [0, 0.1) is 6.92 Å². The van der Waals surface area contributed by atoms with Crippen molar-refractivity contribution in [2.75, 3.05) is 19.7 Å². The van der Waals surface area contributed by atoms with Crippen LogP contribution in [0.2, 0.25) is 0 Å².